The summed E-state index contributed by atoms with van der Waals surface area (Å²) >= 11 is 0. The van der Waals surface area contributed by atoms with Crippen LogP contribution in [0.3, 0.4) is 0 Å². The first-order chi connectivity index (χ1) is 6.60. The molecule has 0 aliphatic rings. The Labute approximate surface area is 87.3 Å². The summed E-state index contributed by atoms with van der Waals surface area (Å²) in [6, 6.07) is 8.28. The molecule has 0 radical (unpaired) electrons. The van der Waals surface area contributed by atoms with Crippen molar-refractivity contribution >= 4 is 6.08 Å². The van der Waals surface area contributed by atoms with E-state index < -0.39 is 0 Å². The van der Waals surface area contributed by atoms with Gasteiger partial charge in [0.15, 0.2) is 0 Å². The maximum atomic E-state index is 3.66. The predicted molar refractivity (Wildman–Crippen MR) is 66.3 cm³/mol. The summed E-state index contributed by atoms with van der Waals surface area (Å²) < 4.78 is 0. The average molecular weight is 186 g/mol. The molecule has 1 aromatic rings. The molecule has 0 saturated carbocycles. The number of allylic oxidation sites excluding steroid dienone is 2. The molecule has 1 aromatic carbocycles. The molecule has 0 aliphatic heterocycles. The highest BCUT2D eigenvalue weighted by Crippen LogP contribution is 2.02. The van der Waals surface area contributed by atoms with Crippen LogP contribution >= 0.6 is 0 Å². The van der Waals surface area contributed by atoms with Crippen LogP contribution < -0.4 is 0 Å². The molecule has 0 saturated heterocycles. The van der Waals surface area contributed by atoms with Crippen molar-refractivity contribution in [1.82, 2.24) is 0 Å². The van der Waals surface area contributed by atoms with Gasteiger partial charge in [0, 0.05) is 0 Å². The van der Waals surface area contributed by atoms with Gasteiger partial charge in [0.2, 0.25) is 0 Å². The summed E-state index contributed by atoms with van der Waals surface area (Å²) in [7, 11) is 0. The molecule has 74 valence electrons. The summed E-state index contributed by atoms with van der Waals surface area (Å²) in [5.74, 6) is 0. The van der Waals surface area contributed by atoms with E-state index in [0.29, 0.717) is 0 Å². The molecule has 0 aliphatic carbocycles. The van der Waals surface area contributed by atoms with E-state index in [1.807, 2.05) is 13.0 Å². The van der Waals surface area contributed by atoms with E-state index in [0.717, 1.165) is 5.57 Å². The van der Waals surface area contributed by atoms with Crippen LogP contribution in [0.1, 0.15) is 18.1 Å². The highest BCUT2D eigenvalue weighted by Gasteiger charge is 1.82. The van der Waals surface area contributed by atoms with E-state index >= 15 is 0 Å². The fourth-order valence-electron chi connectivity index (χ4n) is 0.703. The molecule has 0 amide bonds. The first-order valence-electron chi connectivity index (χ1n) is 4.57. The van der Waals surface area contributed by atoms with E-state index in [2.05, 4.69) is 50.9 Å². The van der Waals surface area contributed by atoms with E-state index in [4.69, 9.17) is 0 Å². The van der Waals surface area contributed by atoms with Gasteiger partial charge < -0.3 is 0 Å². The van der Waals surface area contributed by atoms with Crippen molar-refractivity contribution in [2.24, 2.45) is 0 Å². The van der Waals surface area contributed by atoms with Crippen molar-refractivity contribution in [2.75, 3.05) is 0 Å². The summed E-state index contributed by atoms with van der Waals surface area (Å²) in [6.45, 7) is 14.7. The molecular weight excluding hydrogens is 168 g/mol. The van der Waals surface area contributed by atoms with Crippen LogP contribution in [0.25, 0.3) is 6.08 Å². The molecule has 1 rings (SSSR count). The Morgan fingerprint density at radius 2 is 1.57 bits per heavy atom. The van der Waals surface area contributed by atoms with Crippen LogP contribution in [-0.2, 0) is 0 Å². The summed E-state index contributed by atoms with van der Waals surface area (Å²) in [6.07, 6.45) is 3.57. The Morgan fingerprint density at radius 3 is 1.86 bits per heavy atom. The molecule has 0 spiro atoms. The van der Waals surface area contributed by atoms with E-state index in [1.54, 1.807) is 6.08 Å². The van der Waals surface area contributed by atoms with Gasteiger partial charge in [-0.1, -0.05) is 67.3 Å². The molecule has 14 heavy (non-hydrogen) atoms. The lowest BCUT2D eigenvalue weighted by Gasteiger charge is -1.91. The predicted octanol–water partition coefficient (Wildman–Crippen LogP) is 4.39. The zero-order valence-electron chi connectivity index (χ0n) is 9.09. The lowest BCUT2D eigenvalue weighted by molar-refractivity contribution is 1.46. The summed E-state index contributed by atoms with van der Waals surface area (Å²) in [5, 5.41) is 0. The van der Waals surface area contributed by atoms with Gasteiger partial charge in [-0.25, -0.2) is 0 Å². The monoisotopic (exact) mass is 186 g/mol. The molecule has 0 unspecified atom stereocenters. The third-order valence-electron chi connectivity index (χ3n) is 1.66. The van der Waals surface area contributed by atoms with Gasteiger partial charge in [-0.15, -0.1) is 0 Å². The lowest BCUT2D eigenvalue weighted by Crippen LogP contribution is -1.71. The normalized spacial score (nSPS) is 8.14. The fraction of sp³-hybridized carbons (Fsp3) is 0.143. The van der Waals surface area contributed by atoms with Crippen molar-refractivity contribution in [3.05, 3.63) is 66.8 Å². The molecule has 0 bridgehead atoms. The van der Waals surface area contributed by atoms with Crippen LogP contribution in [0.15, 0.2) is 55.7 Å². The van der Waals surface area contributed by atoms with Crippen molar-refractivity contribution in [3.63, 3.8) is 0 Å². The Hall–Kier alpha value is -1.56. The van der Waals surface area contributed by atoms with Crippen molar-refractivity contribution in [1.29, 1.82) is 0 Å². The number of aryl methyl sites for hydroxylation is 1. The molecule has 0 fully saturated rings. The average Bonchev–Trinajstić information content (AvgIpc) is 2.20. The van der Waals surface area contributed by atoms with Crippen molar-refractivity contribution < 1.29 is 0 Å². The van der Waals surface area contributed by atoms with Gasteiger partial charge in [0.05, 0.1) is 0 Å². The Morgan fingerprint density at radius 1 is 1.14 bits per heavy atom. The maximum Gasteiger partial charge on any atom is -0.0262 e. The van der Waals surface area contributed by atoms with E-state index in [-0.39, 0.29) is 0 Å². The van der Waals surface area contributed by atoms with Crippen molar-refractivity contribution in [3.8, 4) is 0 Å². The maximum absolute atomic E-state index is 3.66. The van der Waals surface area contributed by atoms with E-state index in [1.165, 1.54) is 11.1 Å². The topological polar surface area (TPSA) is 0 Å². The second-order valence-corrected chi connectivity index (χ2v) is 3.17. The molecular formula is C14H18. The second kappa shape index (κ2) is 6.90. The van der Waals surface area contributed by atoms with Crippen LogP contribution in [-0.4, -0.2) is 0 Å². The summed E-state index contributed by atoms with van der Waals surface area (Å²) in [5.41, 5.74) is 3.49. The first-order valence-corrected chi connectivity index (χ1v) is 4.57. The number of hydrogen-bond donors (Lipinski definition) is 0. The van der Waals surface area contributed by atoms with Gasteiger partial charge in [-0.2, -0.15) is 0 Å². The minimum Gasteiger partial charge on any atom is -0.0988 e. The van der Waals surface area contributed by atoms with E-state index in [9.17, 15) is 0 Å². The number of rotatable bonds is 2. The fourth-order valence-corrected chi connectivity index (χ4v) is 0.703. The van der Waals surface area contributed by atoms with Crippen LogP contribution in [0.2, 0.25) is 0 Å². The Kier molecular flexibility index (Phi) is 6.13. The van der Waals surface area contributed by atoms with Crippen LogP contribution in [0.5, 0.6) is 0 Å². The van der Waals surface area contributed by atoms with Crippen LogP contribution in [0, 0.1) is 6.92 Å². The van der Waals surface area contributed by atoms with Crippen LogP contribution in [0.4, 0.5) is 0 Å². The zero-order valence-corrected chi connectivity index (χ0v) is 9.09. The second-order valence-electron chi connectivity index (χ2n) is 3.17. The molecule has 0 atom stereocenters. The smallest absolute Gasteiger partial charge is 0.0262 e. The highest BCUT2D eigenvalue weighted by atomic mass is 13.9. The van der Waals surface area contributed by atoms with Gasteiger partial charge in [0.1, 0.15) is 0 Å². The number of hydrogen-bond acceptors (Lipinski definition) is 0. The molecule has 0 aromatic heterocycles. The third kappa shape index (κ3) is 6.01. The molecule has 0 heteroatoms. The minimum atomic E-state index is 1.02. The minimum absolute atomic E-state index is 1.02. The first kappa shape index (κ1) is 12.4. The van der Waals surface area contributed by atoms with Crippen molar-refractivity contribution in [2.45, 2.75) is 13.8 Å². The van der Waals surface area contributed by atoms with Gasteiger partial charge in [-0.05, 0) is 19.4 Å². The molecule has 0 heterocycles. The molecule has 0 nitrogen and oxygen atoms in total. The quantitative estimate of drug-likeness (QED) is 0.601. The Balaban J connectivity index is 0.000000292. The van der Waals surface area contributed by atoms with Gasteiger partial charge in [-0.3, -0.25) is 0 Å². The zero-order chi connectivity index (χ0) is 11.0. The third-order valence-corrected chi connectivity index (χ3v) is 1.66. The highest BCUT2D eigenvalue weighted by molar-refractivity contribution is 5.46. The lowest BCUT2D eigenvalue weighted by atomic mass is 10.2. The van der Waals surface area contributed by atoms with Gasteiger partial charge >= 0.3 is 0 Å². The Bertz CT molecular complexity index is 301. The summed E-state index contributed by atoms with van der Waals surface area (Å²) in [4.78, 5) is 0. The largest absolute Gasteiger partial charge is 0.0988 e. The SMILES string of the molecule is C=CC(=C)C.C=Cc1ccc(C)cc1. The number of benzene rings is 1. The molecule has 0 N–H and O–H groups in total. The van der Waals surface area contributed by atoms with Gasteiger partial charge in [0.25, 0.3) is 0 Å². The standard InChI is InChI=1S/C9H10.C5H8/c1-3-9-6-4-8(2)5-7-9;1-4-5(2)3/h3-7H,1H2,2H3;4H,1-2H2,3H3.